The molecule has 120 valence electrons. The van der Waals surface area contributed by atoms with Gasteiger partial charge in [-0.1, -0.05) is 12.1 Å². The van der Waals surface area contributed by atoms with E-state index in [4.69, 9.17) is 4.74 Å². The van der Waals surface area contributed by atoms with Gasteiger partial charge >= 0.3 is 0 Å². The Labute approximate surface area is 138 Å². The van der Waals surface area contributed by atoms with E-state index in [1.54, 1.807) is 43.6 Å². The molecule has 1 aliphatic rings. The minimum Gasteiger partial charge on any atom is -0.497 e. The SMILES string of the molecule is COc1ccc(NC(=O)c2cn3c4c(cccc4c2=O)CC3)cc1. The molecule has 0 radical (unpaired) electrons. The molecular weight excluding hydrogens is 304 g/mol. The largest absolute Gasteiger partial charge is 0.497 e. The maximum Gasteiger partial charge on any atom is 0.261 e. The van der Waals surface area contributed by atoms with Crippen LogP contribution in [0.1, 0.15) is 15.9 Å². The van der Waals surface area contributed by atoms with E-state index in [2.05, 4.69) is 5.32 Å². The molecule has 24 heavy (non-hydrogen) atoms. The van der Waals surface area contributed by atoms with E-state index in [-0.39, 0.29) is 11.0 Å². The Morgan fingerprint density at radius 2 is 1.96 bits per heavy atom. The molecule has 4 rings (SSSR count). The second kappa shape index (κ2) is 5.53. The van der Waals surface area contributed by atoms with Crippen LogP contribution in [0.3, 0.4) is 0 Å². The highest BCUT2D eigenvalue weighted by molar-refractivity contribution is 6.06. The number of hydrogen-bond acceptors (Lipinski definition) is 3. The molecule has 0 spiro atoms. The third-order valence-corrected chi connectivity index (χ3v) is 4.40. The topological polar surface area (TPSA) is 60.3 Å². The van der Waals surface area contributed by atoms with Crippen molar-refractivity contribution in [1.29, 1.82) is 0 Å². The summed E-state index contributed by atoms with van der Waals surface area (Å²) < 4.78 is 7.09. The van der Waals surface area contributed by atoms with E-state index in [0.29, 0.717) is 16.8 Å². The number of anilines is 1. The Morgan fingerprint density at radius 3 is 2.71 bits per heavy atom. The molecule has 2 aromatic carbocycles. The molecule has 2 heterocycles. The molecule has 1 amide bonds. The average Bonchev–Trinajstić information content (AvgIpc) is 3.03. The second-order valence-electron chi connectivity index (χ2n) is 5.81. The van der Waals surface area contributed by atoms with Crippen LogP contribution >= 0.6 is 0 Å². The van der Waals surface area contributed by atoms with Crippen molar-refractivity contribution >= 4 is 22.5 Å². The number of nitrogens with zero attached hydrogens (tertiary/aromatic N) is 1. The van der Waals surface area contributed by atoms with Crippen molar-refractivity contribution in [2.24, 2.45) is 0 Å². The van der Waals surface area contributed by atoms with Crippen LogP contribution in [-0.2, 0) is 13.0 Å². The van der Waals surface area contributed by atoms with Crippen molar-refractivity contribution in [3.63, 3.8) is 0 Å². The fourth-order valence-electron chi connectivity index (χ4n) is 3.19. The molecule has 1 N–H and O–H groups in total. The van der Waals surface area contributed by atoms with Crippen LogP contribution in [0.25, 0.3) is 10.9 Å². The number of methoxy groups -OCH3 is 1. The van der Waals surface area contributed by atoms with Crippen molar-refractivity contribution in [3.05, 3.63) is 70.0 Å². The summed E-state index contributed by atoms with van der Waals surface area (Å²) >= 11 is 0. The minimum absolute atomic E-state index is 0.164. The van der Waals surface area contributed by atoms with Gasteiger partial charge in [0, 0.05) is 23.8 Å². The zero-order valence-corrected chi connectivity index (χ0v) is 13.2. The molecular formula is C19H16N2O3. The molecule has 1 aliphatic heterocycles. The standard InChI is InChI=1S/C19H16N2O3/c1-24-14-7-5-13(6-8-14)20-19(23)16-11-21-10-9-12-3-2-4-15(17(12)21)18(16)22/h2-8,11H,9-10H2,1H3,(H,20,23). The molecule has 0 aliphatic carbocycles. The number of rotatable bonds is 3. The lowest BCUT2D eigenvalue weighted by molar-refractivity contribution is 0.102. The first-order valence-corrected chi connectivity index (χ1v) is 7.78. The third-order valence-electron chi connectivity index (χ3n) is 4.40. The molecule has 3 aromatic rings. The summed E-state index contributed by atoms with van der Waals surface area (Å²) in [5.41, 5.74) is 2.67. The number of aromatic nitrogens is 1. The third kappa shape index (κ3) is 2.25. The number of hydrogen-bond donors (Lipinski definition) is 1. The number of pyridine rings is 1. The molecule has 0 unspecified atom stereocenters. The van der Waals surface area contributed by atoms with Crippen molar-refractivity contribution < 1.29 is 9.53 Å². The smallest absolute Gasteiger partial charge is 0.261 e. The van der Waals surface area contributed by atoms with Crippen LogP contribution < -0.4 is 15.5 Å². The number of nitrogens with one attached hydrogen (secondary N) is 1. The van der Waals surface area contributed by atoms with Gasteiger partial charge in [-0.3, -0.25) is 9.59 Å². The van der Waals surface area contributed by atoms with E-state index in [9.17, 15) is 9.59 Å². The van der Waals surface area contributed by atoms with Crippen LogP contribution in [0, 0.1) is 0 Å². The fourth-order valence-corrected chi connectivity index (χ4v) is 3.19. The van der Waals surface area contributed by atoms with Crippen molar-refractivity contribution in [1.82, 2.24) is 4.57 Å². The molecule has 0 saturated heterocycles. The maximum atomic E-state index is 12.7. The van der Waals surface area contributed by atoms with Gasteiger partial charge in [0.25, 0.3) is 5.91 Å². The zero-order valence-electron chi connectivity index (χ0n) is 13.2. The van der Waals surface area contributed by atoms with Crippen LogP contribution in [-0.4, -0.2) is 17.6 Å². The lowest BCUT2D eigenvalue weighted by Crippen LogP contribution is -2.23. The van der Waals surface area contributed by atoms with Gasteiger partial charge in [-0.25, -0.2) is 0 Å². The predicted molar refractivity (Wildman–Crippen MR) is 92.9 cm³/mol. The number of para-hydroxylation sites is 1. The van der Waals surface area contributed by atoms with Gasteiger partial charge in [0.2, 0.25) is 5.43 Å². The van der Waals surface area contributed by atoms with Gasteiger partial charge in [0.1, 0.15) is 11.3 Å². The molecule has 5 heteroatoms. The Hall–Kier alpha value is -3.08. The minimum atomic E-state index is -0.395. The van der Waals surface area contributed by atoms with E-state index in [1.165, 1.54) is 0 Å². The van der Waals surface area contributed by atoms with Gasteiger partial charge in [-0.15, -0.1) is 0 Å². The van der Waals surface area contributed by atoms with E-state index < -0.39 is 5.91 Å². The number of amides is 1. The molecule has 1 aromatic heterocycles. The van der Waals surface area contributed by atoms with Crippen LogP contribution in [0.5, 0.6) is 5.75 Å². The summed E-state index contributed by atoms with van der Waals surface area (Å²) in [6.45, 7) is 0.791. The monoisotopic (exact) mass is 320 g/mol. The summed E-state index contributed by atoms with van der Waals surface area (Å²) in [7, 11) is 1.58. The Kier molecular flexibility index (Phi) is 3.34. The highest BCUT2D eigenvalue weighted by atomic mass is 16.5. The van der Waals surface area contributed by atoms with Gasteiger partial charge in [0.05, 0.1) is 12.6 Å². The van der Waals surface area contributed by atoms with Crippen LogP contribution in [0.4, 0.5) is 5.69 Å². The molecule has 5 nitrogen and oxygen atoms in total. The lowest BCUT2D eigenvalue weighted by atomic mass is 10.1. The van der Waals surface area contributed by atoms with E-state index in [0.717, 1.165) is 24.0 Å². The number of aryl methyl sites for hydroxylation is 2. The lowest BCUT2D eigenvalue weighted by Gasteiger charge is -2.09. The average molecular weight is 320 g/mol. The highest BCUT2D eigenvalue weighted by Crippen LogP contribution is 2.24. The van der Waals surface area contributed by atoms with Crippen molar-refractivity contribution in [3.8, 4) is 5.75 Å². The fraction of sp³-hybridized carbons (Fsp3) is 0.158. The molecule has 0 fully saturated rings. The summed E-state index contributed by atoms with van der Waals surface area (Å²) in [5, 5.41) is 3.38. The summed E-state index contributed by atoms with van der Waals surface area (Å²) in [4.78, 5) is 25.3. The Bertz CT molecular complexity index is 1000. The molecule has 0 bridgehead atoms. The van der Waals surface area contributed by atoms with Crippen LogP contribution in [0.2, 0.25) is 0 Å². The van der Waals surface area contributed by atoms with Crippen molar-refractivity contribution in [2.75, 3.05) is 12.4 Å². The van der Waals surface area contributed by atoms with Gasteiger partial charge in [0.15, 0.2) is 0 Å². The first-order valence-electron chi connectivity index (χ1n) is 7.78. The Balaban J connectivity index is 1.73. The summed E-state index contributed by atoms with van der Waals surface area (Å²) in [6.07, 6.45) is 2.56. The zero-order chi connectivity index (χ0) is 16.7. The highest BCUT2D eigenvalue weighted by Gasteiger charge is 2.20. The number of benzene rings is 2. The summed E-state index contributed by atoms with van der Waals surface area (Å²) in [5.74, 6) is 0.313. The number of carbonyl (C=O) groups excluding carboxylic acids is 1. The molecule has 0 atom stereocenters. The number of carbonyl (C=O) groups is 1. The first kappa shape index (κ1) is 14.5. The second-order valence-corrected chi connectivity index (χ2v) is 5.81. The van der Waals surface area contributed by atoms with Crippen molar-refractivity contribution in [2.45, 2.75) is 13.0 Å². The van der Waals surface area contributed by atoms with Gasteiger partial charge < -0.3 is 14.6 Å². The van der Waals surface area contributed by atoms with E-state index in [1.807, 2.05) is 16.7 Å². The van der Waals surface area contributed by atoms with E-state index >= 15 is 0 Å². The van der Waals surface area contributed by atoms with Gasteiger partial charge in [-0.05, 0) is 42.3 Å². The maximum absolute atomic E-state index is 12.7. The molecule has 0 saturated carbocycles. The predicted octanol–water partition coefficient (Wildman–Crippen LogP) is 2.82. The number of ether oxygens (including phenoxy) is 1. The quantitative estimate of drug-likeness (QED) is 0.807. The normalized spacial score (nSPS) is 12.4. The summed E-state index contributed by atoms with van der Waals surface area (Å²) in [6, 6.07) is 12.7. The van der Waals surface area contributed by atoms with Crippen LogP contribution in [0.15, 0.2) is 53.5 Å². The van der Waals surface area contributed by atoms with Gasteiger partial charge in [-0.2, -0.15) is 0 Å². The Morgan fingerprint density at radius 1 is 1.17 bits per heavy atom. The first-order chi connectivity index (χ1) is 11.7.